The molecule has 2 heterocycles. The highest BCUT2D eigenvalue weighted by molar-refractivity contribution is 6.05. The van der Waals surface area contributed by atoms with Crippen LogP contribution < -0.4 is 16.4 Å². The molecular formula is C15H17ClN4O4. The van der Waals surface area contributed by atoms with E-state index >= 15 is 0 Å². The molecule has 8 nitrogen and oxygen atoms in total. The molecule has 1 aromatic rings. The van der Waals surface area contributed by atoms with Gasteiger partial charge in [0, 0.05) is 24.2 Å². The van der Waals surface area contributed by atoms with Crippen molar-refractivity contribution < 1.29 is 19.2 Å². The highest BCUT2D eigenvalue weighted by Crippen LogP contribution is 2.29. The van der Waals surface area contributed by atoms with Crippen molar-refractivity contribution in [3.63, 3.8) is 0 Å². The van der Waals surface area contributed by atoms with E-state index in [0.29, 0.717) is 17.7 Å². The fourth-order valence-electron chi connectivity index (χ4n) is 2.86. The van der Waals surface area contributed by atoms with E-state index in [1.165, 1.54) is 4.90 Å². The first-order valence-electron chi connectivity index (χ1n) is 7.27. The Kier molecular flexibility index (Phi) is 5.20. The van der Waals surface area contributed by atoms with Gasteiger partial charge in [-0.1, -0.05) is 0 Å². The van der Waals surface area contributed by atoms with Crippen LogP contribution in [0, 0.1) is 0 Å². The van der Waals surface area contributed by atoms with Crippen LogP contribution in [0.5, 0.6) is 0 Å². The Morgan fingerprint density at radius 1 is 1.33 bits per heavy atom. The molecule has 0 spiro atoms. The second kappa shape index (κ2) is 6.98. The average Bonchev–Trinajstić information content (AvgIpc) is 2.83. The minimum absolute atomic E-state index is 0. The number of nitrogens with one attached hydrogen (secondary N) is 2. The van der Waals surface area contributed by atoms with Crippen LogP contribution in [-0.4, -0.2) is 41.1 Å². The summed E-state index contributed by atoms with van der Waals surface area (Å²) in [6.07, 6.45) is 0.537. The summed E-state index contributed by atoms with van der Waals surface area (Å²) in [5.74, 6) is -1.33. The number of anilines is 1. The Balaban J connectivity index is 0.00000208. The molecule has 2 aliphatic heterocycles. The summed E-state index contributed by atoms with van der Waals surface area (Å²) in [5, 5.41) is 4.88. The minimum Gasteiger partial charge on any atom is -0.325 e. The van der Waals surface area contributed by atoms with Gasteiger partial charge in [-0.3, -0.25) is 24.5 Å². The van der Waals surface area contributed by atoms with Crippen molar-refractivity contribution in [2.75, 3.05) is 11.9 Å². The zero-order valence-corrected chi connectivity index (χ0v) is 13.5. The number of benzene rings is 1. The van der Waals surface area contributed by atoms with Gasteiger partial charge in [0.15, 0.2) is 0 Å². The summed E-state index contributed by atoms with van der Waals surface area (Å²) in [4.78, 5) is 48.4. The van der Waals surface area contributed by atoms with Gasteiger partial charge >= 0.3 is 0 Å². The van der Waals surface area contributed by atoms with Gasteiger partial charge in [0.2, 0.25) is 17.7 Å². The molecule has 2 aliphatic rings. The molecule has 0 radical (unpaired) electrons. The van der Waals surface area contributed by atoms with Gasteiger partial charge in [-0.2, -0.15) is 0 Å². The van der Waals surface area contributed by atoms with Crippen molar-refractivity contribution in [3.8, 4) is 0 Å². The van der Waals surface area contributed by atoms with Crippen molar-refractivity contribution in [2.24, 2.45) is 5.73 Å². The number of nitrogens with two attached hydrogens (primary N) is 1. The molecule has 4 amide bonds. The van der Waals surface area contributed by atoms with Crippen LogP contribution in [0.2, 0.25) is 0 Å². The second-order valence-electron chi connectivity index (χ2n) is 5.52. The van der Waals surface area contributed by atoms with E-state index in [9.17, 15) is 19.2 Å². The number of piperidine rings is 1. The molecular weight excluding hydrogens is 336 g/mol. The van der Waals surface area contributed by atoms with Crippen molar-refractivity contribution in [3.05, 3.63) is 29.3 Å². The summed E-state index contributed by atoms with van der Waals surface area (Å²) in [6, 6.07) is 4.30. The molecule has 1 saturated heterocycles. The van der Waals surface area contributed by atoms with Crippen molar-refractivity contribution >= 4 is 41.7 Å². The maximum absolute atomic E-state index is 12.5. The Hall–Kier alpha value is -2.45. The minimum atomic E-state index is -0.644. The first kappa shape index (κ1) is 17.9. The fourth-order valence-corrected chi connectivity index (χ4v) is 2.86. The fraction of sp³-hybridized carbons (Fsp3) is 0.333. The molecule has 1 aromatic carbocycles. The number of hydrogen-bond donors (Lipinski definition) is 3. The van der Waals surface area contributed by atoms with Crippen LogP contribution in [0.3, 0.4) is 0 Å². The Morgan fingerprint density at radius 3 is 2.75 bits per heavy atom. The van der Waals surface area contributed by atoms with Crippen LogP contribution in [0.4, 0.5) is 5.69 Å². The normalized spacial score (nSPS) is 19.5. The molecule has 128 valence electrons. The Morgan fingerprint density at radius 2 is 2.08 bits per heavy atom. The van der Waals surface area contributed by atoms with E-state index in [4.69, 9.17) is 5.73 Å². The van der Waals surface area contributed by atoms with E-state index in [1.807, 2.05) is 0 Å². The van der Waals surface area contributed by atoms with E-state index in [1.54, 1.807) is 18.2 Å². The lowest BCUT2D eigenvalue weighted by atomic mass is 10.0. The number of halogens is 1. The Bertz CT molecular complexity index is 721. The van der Waals surface area contributed by atoms with Gasteiger partial charge in [0.1, 0.15) is 6.04 Å². The molecule has 1 fully saturated rings. The van der Waals surface area contributed by atoms with Crippen molar-refractivity contribution in [1.82, 2.24) is 10.2 Å². The van der Waals surface area contributed by atoms with Crippen LogP contribution in [0.25, 0.3) is 0 Å². The van der Waals surface area contributed by atoms with Crippen LogP contribution in [0.1, 0.15) is 28.8 Å². The number of carbonyl (C=O) groups excluding carboxylic acids is 4. The third kappa shape index (κ3) is 3.24. The van der Waals surface area contributed by atoms with E-state index in [0.717, 1.165) is 5.56 Å². The maximum Gasteiger partial charge on any atom is 0.255 e. The molecule has 9 heteroatoms. The monoisotopic (exact) mass is 352 g/mol. The van der Waals surface area contributed by atoms with Gasteiger partial charge in [-0.15, -0.1) is 12.4 Å². The summed E-state index contributed by atoms with van der Waals surface area (Å²) in [6.45, 7) is 0.144. The molecule has 1 unspecified atom stereocenters. The zero-order valence-electron chi connectivity index (χ0n) is 12.7. The van der Waals surface area contributed by atoms with E-state index < -0.39 is 11.9 Å². The molecule has 0 saturated carbocycles. The van der Waals surface area contributed by atoms with Crippen LogP contribution in [0.15, 0.2) is 18.2 Å². The predicted octanol–water partition coefficient (Wildman–Crippen LogP) is -0.233. The van der Waals surface area contributed by atoms with E-state index in [2.05, 4.69) is 10.6 Å². The first-order valence-corrected chi connectivity index (χ1v) is 7.27. The molecule has 1 atom stereocenters. The number of rotatable bonds is 3. The summed E-state index contributed by atoms with van der Waals surface area (Å²) in [7, 11) is 0. The number of amides is 4. The first-order chi connectivity index (χ1) is 11.0. The number of carbonyl (C=O) groups is 4. The van der Waals surface area contributed by atoms with Crippen LogP contribution in [-0.2, 0) is 20.9 Å². The molecule has 4 N–H and O–H groups in total. The van der Waals surface area contributed by atoms with Gasteiger partial charge in [-0.25, -0.2) is 0 Å². The lowest BCUT2D eigenvalue weighted by Gasteiger charge is -2.29. The second-order valence-corrected chi connectivity index (χ2v) is 5.52. The molecule has 0 aromatic heterocycles. The number of hydrogen-bond acceptors (Lipinski definition) is 5. The highest BCUT2D eigenvalue weighted by Gasteiger charge is 2.39. The predicted molar refractivity (Wildman–Crippen MR) is 87.4 cm³/mol. The average molecular weight is 353 g/mol. The lowest BCUT2D eigenvalue weighted by molar-refractivity contribution is -0.136. The van der Waals surface area contributed by atoms with Gasteiger partial charge in [-0.05, 0) is 30.2 Å². The third-order valence-corrected chi connectivity index (χ3v) is 3.99. The van der Waals surface area contributed by atoms with Crippen molar-refractivity contribution in [2.45, 2.75) is 25.4 Å². The molecule has 3 rings (SSSR count). The largest absolute Gasteiger partial charge is 0.325 e. The highest BCUT2D eigenvalue weighted by atomic mass is 35.5. The topological polar surface area (TPSA) is 122 Å². The SMILES string of the molecule is Cl.NCC(=O)Nc1ccc2c(c1)CN(C1CCC(=O)NC1=O)C2=O. The molecule has 0 aliphatic carbocycles. The Labute approximate surface area is 144 Å². The lowest BCUT2D eigenvalue weighted by Crippen LogP contribution is -2.52. The standard InChI is InChI=1S/C15H16N4O4.ClH/c16-6-13(21)17-9-1-2-10-8(5-9)7-19(15(10)23)11-3-4-12(20)18-14(11)22;/h1-2,5,11H,3-4,6-7,16H2,(H,17,21)(H,18,20,22);1H. The third-order valence-electron chi connectivity index (χ3n) is 3.99. The van der Waals surface area contributed by atoms with Gasteiger partial charge < -0.3 is 16.0 Å². The zero-order chi connectivity index (χ0) is 16.6. The van der Waals surface area contributed by atoms with Crippen molar-refractivity contribution in [1.29, 1.82) is 0 Å². The molecule has 0 bridgehead atoms. The summed E-state index contributed by atoms with van der Waals surface area (Å²) in [5.41, 5.74) is 7.04. The summed E-state index contributed by atoms with van der Waals surface area (Å²) < 4.78 is 0. The number of fused-ring (bicyclic) bond motifs is 1. The smallest absolute Gasteiger partial charge is 0.255 e. The molecule has 24 heavy (non-hydrogen) atoms. The van der Waals surface area contributed by atoms with Gasteiger partial charge in [0.25, 0.3) is 5.91 Å². The number of nitrogens with zero attached hydrogens (tertiary/aromatic N) is 1. The van der Waals surface area contributed by atoms with Crippen LogP contribution >= 0.6 is 12.4 Å². The quantitative estimate of drug-likeness (QED) is 0.648. The van der Waals surface area contributed by atoms with Gasteiger partial charge in [0.05, 0.1) is 6.54 Å². The van der Waals surface area contributed by atoms with E-state index in [-0.39, 0.29) is 49.6 Å². The summed E-state index contributed by atoms with van der Waals surface area (Å²) >= 11 is 0. The maximum atomic E-state index is 12.5. The number of imide groups is 1.